The Balaban J connectivity index is 0.00000240. The van der Waals surface area contributed by atoms with Crippen LogP contribution in [0.25, 0.3) is 0 Å². The Morgan fingerprint density at radius 2 is 1.86 bits per heavy atom. The molecule has 1 atom stereocenters. The molecule has 3 aliphatic rings. The Morgan fingerprint density at radius 3 is 2.55 bits per heavy atom. The quantitative estimate of drug-likeness (QED) is 0.775. The average Bonchev–Trinajstić information content (AvgIpc) is 3.25. The smallest absolute Gasteiger partial charge is 0.237 e. The Hall–Kier alpha value is -1.70. The third-order valence-corrected chi connectivity index (χ3v) is 6.37. The van der Waals surface area contributed by atoms with Gasteiger partial charge in [0.1, 0.15) is 0 Å². The zero-order valence-corrected chi connectivity index (χ0v) is 17.8. The number of pyridine rings is 1. The minimum absolute atomic E-state index is 0. The van der Waals surface area contributed by atoms with Crippen LogP contribution in [0.15, 0.2) is 24.4 Å². The number of nitrogens with one attached hydrogen (secondary N) is 1. The maximum atomic E-state index is 12.9. The van der Waals surface area contributed by atoms with E-state index in [0.29, 0.717) is 19.0 Å². The minimum atomic E-state index is -0.295. The predicted octanol–water partition coefficient (Wildman–Crippen LogP) is 1.28. The second-order valence-corrected chi connectivity index (χ2v) is 8.17. The van der Waals surface area contributed by atoms with Gasteiger partial charge < -0.3 is 10.2 Å². The standard InChI is InChI=1S/C21H31N5O2.ClH/c27-20(15-19-21(28)23-9-10-26(19)18-6-1-2-7-18)25-13-11-24(12-14-25)16-17-5-3-4-8-22-17;/h3-5,8,18-19H,1-2,6-7,9-16H2,(H,23,28);1H. The molecular formula is C21H32ClN5O2. The molecule has 160 valence electrons. The monoisotopic (exact) mass is 421 g/mol. The molecule has 29 heavy (non-hydrogen) atoms. The van der Waals surface area contributed by atoms with Crippen LogP contribution in [0.1, 0.15) is 37.8 Å². The molecule has 3 heterocycles. The maximum Gasteiger partial charge on any atom is 0.237 e. The molecule has 8 heteroatoms. The third kappa shape index (κ3) is 5.47. The molecular weight excluding hydrogens is 390 g/mol. The highest BCUT2D eigenvalue weighted by Gasteiger charge is 2.37. The van der Waals surface area contributed by atoms with Crippen LogP contribution in [0.3, 0.4) is 0 Å². The van der Waals surface area contributed by atoms with Gasteiger partial charge in [0.2, 0.25) is 11.8 Å². The van der Waals surface area contributed by atoms with E-state index >= 15 is 0 Å². The zero-order valence-electron chi connectivity index (χ0n) is 17.0. The summed E-state index contributed by atoms with van der Waals surface area (Å²) in [4.78, 5) is 36.4. The molecule has 1 aromatic heterocycles. The van der Waals surface area contributed by atoms with Gasteiger partial charge in [0.25, 0.3) is 0 Å². The van der Waals surface area contributed by atoms with Crippen LogP contribution in [-0.2, 0) is 16.1 Å². The Kier molecular flexibility index (Phi) is 7.86. The molecule has 1 saturated carbocycles. The van der Waals surface area contributed by atoms with E-state index in [2.05, 4.69) is 20.1 Å². The molecule has 0 aromatic carbocycles. The lowest BCUT2D eigenvalue weighted by Crippen LogP contribution is -2.59. The van der Waals surface area contributed by atoms with Gasteiger partial charge in [-0.25, -0.2) is 0 Å². The second-order valence-electron chi connectivity index (χ2n) is 8.17. The van der Waals surface area contributed by atoms with Crippen molar-refractivity contribution >= 4 is 24.2 Å². The van der Waals surface area contributed by atoms with Crippen molar-refractivity contribution in [1.82, 2.24) is 25.0 Å². The lowest BCUT2D eigenvalue weighted by Gasteiger charge is -2.40. The fourth-order valence-corrected chi connectivity index (χ4v) is 4.79. The van der Waals surface area contributed by atoms with Crippen LogP contribution < -0.4 is 5.32 Å². The van der Waals surface area contributed by atoms with E-state index in [1.807, 2.05) is 29.3 Å². The summed E-state index contributed by atoms with van der Waals surface area (Å²) in [5.41, 5.74) is 1.06. The fraction of sp³-hybridized carbons (Fsp3) is 0.667. The van der Waals surface area contributed by atoms with Gasteiger partial charge in [0, 0.05) is 58.1 Å². The molecule has 1 aromatic rings. The molecule has 3 fully saturated rings. The number of halogens is 1. The molecule has 2 amide bonds. The van der Waals surface area contributed by atoms with Crippen molar-refractivity contribution in [2.24, 2.45) is 0 Å². The first-order chi connectivity index (χ1) is 13.7. The van der Waals surface area contributed by atoms with Crippen LogP contribution in [-0.4, -0.2) is 82.9 Å². The summed E-state index contributed by atoms with van der Waals surface area (Å²) in [5, 5.41) is 2.96. The first kappa shape index (κ1) is 22.0. The topological polar surface area (TPSA) is 68.8 Å². The number of amides is 2. The van der Waals surface area contributed by atoms with Crippen molar-refractivity contribution in [1.29, 1.82) is 0 Å². The van der Waals surface area contributed by atoms with Gasteiger partial charge in [-0.05, 0) is 25.0 Å². The van der Waals surface area contributed by atoms with Crippen molar-refractivity contribution in [3.63, 3.8) is 0 Å². The van der Waals surface area contributed by atoms with Crippen LogP contribution in [0.5, 0.6) is 0 Å². The number of carbonyl (C=O) groups is 2. The summed E-state index contributed by atoms with van der Waals surface area (Å²) in [7, 11) is 0. The minimum Gasteiger partial charge on any atom is -0.353 e. The molecule has 1 unspecified atom stereocenters. The Bertz CT molecular complexity index is 675. The fourth-order valence-electron chi connectivity index (χ4n) is 4.79. The summed E-state index contributed by atoms with van der Waals surface area (Å²) in [6.45, 7) is 5.55. The van der Waals surface area contributed by atoms with Gasteiger partial charge in [0.05, 0.1) is 18.2 Å². The van der Waals surface area contributed by atoms with Gasteiger partial charge in [-0.15, -0.1) is 12.4 Å². The van der Waals surface area contributed by atoms with E-state index in [0.717, 1.165) is 57.8 Å². The first-order valence-corrected chi connectivity index (χ1v) is 10.6. The second kappa shape index (κ2) is 10.4. The third-order valence-electron chi connectivity index (χ3n) is 6.37. The van der Waals surface area contributed by atoms with E-state index in [1.54, 1.807) is 0 Å². The van der Waals surface area contributed by atoms with Crippen LogP contribution in [0.4, 0.5) is 0 Å². The largest absolute Gasteiger partial charge is 0.353 e. The molecule has 4 rings (SSSR count). The molecule has 0 bridgehead atoms. The Morgan fingerprint density at radius 1 is 1.10 bits per heavy atom. The number of rotatable bonds is 5. The highest BCUT2D eigenvalue weighted by molar-refractivity contribution is 5.89. The number of aromatic nitrogens is 1. The molecule has 0 radical (unpaired) electrons. The summed E-state index contributed by atoms with van der Waals surface area (Å²) in [6, 6.07) is 6.15. The molecule has 0 spiro atoms. The van der Waals surface area contributed by atoms with Crippen molar-refractivity contribution in [3.05, 3.63) is 30.1 Å². The number of hydrogen-bond acceptors (Lipinski definition) is 5. The van der Waals surface area contributed by atoms with E-state index < -0.39 is 0 Å². The number of carbonyl (C=O) groups excluding carboxylic acids is 2. The summed E-state index contributed by atoms with van der Waals surface area (Å²) >= 11 is 0. The zero-order chi connectivity index (χ0) is 19.3. The molecule has 1 N–H and O–H groups in total. The van der Waals surface area contributed by atoms with Gasteiger partial charge in [-0.2, -0.15) is 0 Å². The maximum absolute atomic E-state index is 12.9. The highest BCUT2D eigenvalue weighted by atomic mass is 35.5. The van der Waals surface area contributed by atoms with Gasteiger partial charge in [0.15, 0.2) is 0 Å². The van der Waals surface area contributed by atoms with Crippen molar-refractivity contribution in [3.8, 4) is 0 Å². The number of piperazine rings is 2. The summed E-state index contributed by atoms with van der Waals surface area (Å²) < 4.78 is 0. The van der Waals surface area contributed by atoms with Crippen molar-refractivity contribution < 1.29 is 9.59 Å². The summed E-state index contributed by atoms with van der Waals surface area (Å²) in [6.07, 6.45) is 6.92. The van der Waals surface area contributed by atoms with E-state index in [1.165, 1.54) is 12.8 Å². The predicted molar refractivity (Wildman–Crippen MR) is 114 cm³/mol. The van der Waals surface area contributed by atoms with E-state index in [-0.39, 0.29) is 30.3 Å². The van der Waals surface area contributed by atoms with E-state index in [4.69, 9.17) is 0 Å². The van der Waals surface area contributed by atoms with Crippen LogP contribution >= 0.6 is 12.4 Å². The van der Waals surface area contributed by atoms with E-state index in [9.17, 15) is 9.59 Å². The molecule has 1 aliphatic carbocycles. The molecule has 2 aliphatic heterocycles. The average molecular weight is 422 g/mol. The van der Waals surface area contributed by atoms with Gasteiger partial charge in [-0.1, -0.05) is 18.9 Å². The van der Waals surface area contributed by atoms with Gasteiger partial charge >= 0.3 is 0 Å². The lowest BCUT2D eigenvalue weighted by molar-refractivity contribution is -0.141. The number of hydrogen-bond donors (Lipinski definition) is 1. The lowest BCUT2D eigenvalue weighted by atomic mass is 10.0. The SMILES string of the molecule is Cl.O=C1NCCN(C2CCCC2)C1CC(=O)N1CCN(Cc2ccccn2)CC1. The van der Waals surface area contributed by atoms with Crippen molar-refractivity contribution in [2.45, 2.75) is 50.7 Å². The van der Waals surface area contributed by atoms with Crippen LogP contribution in [0, 0.1) is 0 Å². The highest BCUT2D eigenvalue weighted by Crippen LogP contribution is 2.27. The number of nitrogens with zero attached hydrogens (tertiary/aromatic N) is 4. The van der Waals surface area contributed by atoms with Crippen molar-refractivity contribution in [2.75, 3.05) is 39.3 Å². The first-order valence-electron chi connectivity index (χ1n) is 10.6. The van der Waals surface area contributed by atoms with Crippen LogP contribution in [0.2, 0.25) is 0 Å². The molecule has 2 saturated heterocycles. The molecule has 7 nitrogen and oxygen atoms in total. The normalized spacial score (nSPS) is 24.2. The Labute approximate surface area is 179 Å². The van der Waals surface area contributed by atoms with Gasteiger partial charge in [-0.3, -0.25) is 24.4 Å². The summed E-state index contributed by atoms with van der Waals surface area (Å²) in [5.74, 6) is 0.142.